The van der Waals surface area contributed by atoms with Gasteiger partial charge in [-0.2, -0.15) is 0 Å². The Balaban J connectivity index is 3.00. The van der Waals surface area contributed by atoms with Gasteiger partial charge in [-0.05, 0) is 37.1 Å². The maximum absolute atomic E-state index is 5.95. The van der Waals surface area contributed by atoms with Crippen LogP contribution in [0.2, 0.25) is 5.02 Å². The van der Waals surface area contributed by atoms with Crippen LogP contribution in [0.4, 0.5) is 0 Å². The average Bonchev–Trinajstić information content (AvgIpc) is 1.97. The van der Waals surface area contributed by atoms with E-state index >= 15 is 0 Å². The minimum atomic E-state index is 0.657. The Hall–Kier alpha value is -0.530. The van der Waals surface area contributed by atoms with Crippen LogP contribution >= 0.6 is 11.6 Å². The Kier molecular flexibility index (Phi) is 2.92. The van der Waals surface area contributed by atoms with Gasteiger partial charge in [0, 0.05) is 5.02 Å². The third kappa shape index (κ3) is 1.95. The van der Waals surface area contributed by atoms with E-state index in [1.165, 1.54) is 11.1 Å². The van der Waals surface area contributed by atoms with Crippen molar-refractivity contribution in [2.75, 3.05) is 6.54 Å². The molecule has 60 valence electrons. The zero-order valence-corrected chi connectivity index (χ0v) is 7.36. The van der Waals surface area contributed by atoms with E-state index in [0.29, 0.717) is 6.54 Å². The molecule has 0 spiro atoms. The van der Waals surface area contributed by atoms with Crippen molar-refractivity contribution in [3.63, 3.8) is 0 Å². The molecule has 0 atom stereocenters. The SMILES string of the molecule is Cc1cccc(Cl)c1CCN. The standard InChI is InChI=1S/C9H12ClN/c1-7-3-2-4-9(10)8(7)5-6-11/h2-4H,5-6,11H2,1H3. The third-order valence-electron chi connectivity index (χ3n) is 1.75. The van der Waals surface area contributed by atoms with Crippen LogP contribution in [0.25, 0.3) is 0 Å². The summed E-state index contributed by atoms with van der Waals surface area (Å²) in [6.45, 7) is 2.71. The van der Waals surface area contributed by atoms with Crippen LogP contribution in [0.5, 0.6) is 0 Å². The van der Waals surface area contributed by atoms with Gasteiger partial charge in [-0.3, -0.25) is 0 Å². The van der Waals surface area contributed by atoms with E-state index in [1.807, 2.05) is 12.1 Å². The second-order valence-electron chi connectivity index (χ2n) is 2.57. The van der Waals surface area contributed by atoms with E-state index in [2.05, 4.69) is 13.0 Å². The normalized spacial score (nSPS) is 10.1. The molecule has 0 aliphatic heterocycles. The molecule has 0 saturated carbocycles. The Morgan fingerprint density at radius 1 is 1.45 bits per heavy atom. The molecular weight excluding hydrogens is 158 g/mol. The van der Waals surface area contributed by atoms with Gasteiger partial charge in [-0.15, -0.1) is 0 Å². The van der Waals surface area contributed by atoms with Crippen LogP contribution in [0.3, 0.4) is 0 Å². The summed E-state index contributed by atoms with van der Waals surface area (Å²) in [7, 11) is 0. The number of nitrogens with two attached hydrogens (primary N) is 1. The minimum Gasteiger partial charge on any atom is -0.330 e. The van der Waals surface area contributed by atoms with Crippen LogP contribution in [0.1, 0.15) is 11.1 Å². The van der Waals surface area contributed by atoms with Gasteiger partial charge in [0.2, 0.25) is 0 Å². The summed E-state index contributed by atoms with van der Waals surface area (Å²) >= 11 is 5.95. The molecule has 1 aromatic rings. The molecule has 0 fully saturated rings. The molecule has 0 unspecified atom stereocenters. The number of aryl methyl sites for hydroxylation is 1. The highest BCUT2D eigenvalue weighted by atomic mass is 35.5. The quantitative estimate of drug-likeness (QED) is 0.722. The summed E-state index contributed by atoms with van der Waals surface area (Å²) in [4.78, 5) is 0. The lowest BCUT2D eigenvalue weighted by molar-refractivity contribution is 0.958. The predicted octanol–water partition coefficient (Wildman–Crippen LogP) is 2.15. The number of hydrogen-bond donors (Lipinski definition) is 1. The topological polar surface area (TPSA) is 26.0 Å². The lowest BCUT2D eigenvalue weighted by atomic mass is 10.1. The summed E-state index contributed by atoms with van der Waals surface area (Å²) in [5, 5.41) is 0.829. The molecular formula is C9H12ClN. The maximum Gasteiger partial charge on any atom is 0.0441 e. The van der Waals surface area contributed by atoms with Crippen molar-refractivity contribution in [2.45, 2.75) is 13.3 Å². The van der Waals surface area contributed by atoms with Crippen LogP contribution in [-0.2, 0) is 6.42 Å². The molecule has 1 aromatic carbocycles. The molecule has 0 bridgehead atoms. The smallest absolute Gasteiger partial charge is 0.0441 e. The lowest BCUT2D eigenvalue weighted by Gasteiger charge is -2.05. The van der Waals surface area contributed by atoms with Crippen molar-refractivity contribution in [3.05, 3.63) is 34.3 Å². The largest absolute Gasteiger partial charge is 0.330 e. The summed E-state index contributed by atoms with van der Waals surface area (Å²) in [5.74, 6) is 0. The second-order valence-corrected chi connectivity index (χ2v) is 2.98. The first-order chi connectivity index (χ1) is 5.25. The molecule has 0 radical (unpaired) electrons. The third-order valence-corrected chi connectivity index (χ3v) is 2.10. The van der Waals surface area contributed by atoms with Crippen LogP contribution in [-0.4, -0.2) is 6.54 Å². The molecule has 0 saturated heterocycles. The van der Waals surface area contributed by atoms with E-state index in [0.717, 1.165) is 11.4 Å². The summed E-state index contributed by atoms with van der Waals surface area (Å²) in [6, 6.07) is 5.91. The molecule has 1 rings (SSSR count). The first-order valence-electron chi connectivity index (χ1n) is 3.69. The average molecular weight is 170 g/mol. The van der Waals surface area contributed by atoms with Crippen molar-refractivity contribution >= 4 is 11.6 Å². The van der Waals surface area contributed by atoms with Crippen LogP contribution in [0, 0.1) is 6.92 Å². The van der Waals surface area contributed by atoms with Crippen molar-refractivity contribution in [1.29, 1.82) is 0 Å². The number of rotatable bonds is 2. The number of halogens is 1. The highest BCUT2D eigenvalue weighted by Gasteiger charge is 2.00. The lowest BCUT2D eigenvalue weighted by Crippen LogP contribution is -2.04. The Morgan fingerprint density at radius 2 is 2.18 bits per heavy atom. The van der Waals surface area contributed by atoms with Crippen LogP contribution < -0.4 is 5.73 Å². The Bertz CT molecular complexity index is 225. The molecule has 0 aromatic heterocycles. The highest BCUT2D eigenvalue weighted by molar-refractivity contribution is 6.31. The van der Waals surface area contributed by atoms with Crippen molar-refractivity contribution in [2.24, 2.45) is 5.73 Å². The van der Waals surface area contributed by atoms with E-state index in [4.69, 9.17) is 17.3 Å². The monoisotopic (exact) mass is 169 g/mol. The molecule has 0 aliphatic rings. The zero-order valence-electron chi connectivity index (χ0n) is 6.60. The fraction of sp³-hybridized carbons (Fsp3) is 0.333. The van der Waals surface area contributed by atoms with Gasteiger partial charge >= 0.3 is 0 Å². The second kappa shape index (κ2) is 3.74. The molecule has 1 nitrogen and oxygen atoms in total. The van der Waals surface area contributed by atoms with Crippen molar-refractivity contribution in [1.82, 2.24) is 0 Å². The molecule has 0 amide bonds. The Labute approximate surface area is 72.2 Å². The summed E-state index contributed by atoms with van der Waals surface area (Å²) in [5.41, 5.74) is 7.84. The molecule has 2 heteroatoms. The van der Waals surface area contributed by atoms with Gasteiger partial charge in [0.15, 0.2) is 0 Å². The van der Waals surface area contributed by atoms with Gasteiger partial charge < -0.3 is 5.73 Å². The molecule has 11 heavy (non-hydrogen) atoms. The fourth-order valence-corrected chi connectivity index (χ4v) is 1.44. The summed E-state index contributed by atoms with van der Waals surface area (Å²) < 4.78 is 0. The van der Waals surface area contributed by atoms with E-state index in [9.17, 15) is 0 Å². The highest BCUT2D eigenvalue weighted by Crippen LogP contribution is 2.19. The van der Waals surface area contributed by atoms with Gasteiger partial charge in [0.25, 0.3) is 0 Å². The number of benzene rings is 1. The van der Waals surface area contributed by atoms with Gasteiger partial charge in [0.05, 0.1) is 0 Å². The summed E-state index contributed by atoms with van der Waals surface area (Å²) in [6.07, 6.45) is 0.867. The Morgan fingerprint density at radius 3 is 2.73 bits per heavy atom. The fourth-order valence-electron chi connectivity index (χ4n) is 1.13. The van der Waals surface area contributed by atoms with Crippen LogP contribution in [0.15, 0.2) is 18.2 Å². The van der Waals surface area contributed by atoms with Gasteiger partial charge in [0.1, 0.15) is 0 Å². The van der Waals surface area contributed by atoms with E-state index < -0.39 is 0 Å². The molecule has 0 aliphatic carbocycles. The van der Waals surface area contributed by atoms with E-state index in [-0.39, 0.29) is 0 Å². The first kappa shape index (κ1) is 8.57. The van der Waals surface area contributed by atoms with Gasteiger partial charge in [-0.25, -0.2) is 0 Å². The molecule has 2 N–H and O–H groups in total. The minimum absolute atomic E-state index is 0.657. The van der Waals surface area contributed by atoms with Gasteiger partial charge in [-0.1, -0.05) is 23.7 Å². The number of hydrogen-bond acceptors (Lipinski definition) is 1. The van der Waals surface area contributed by atoms with Crippen molar-refractivity contribution in [3.8, 4) is 0 Å². The predicted molar refractivity (Wildman–Crippen MR) is 48.9 cm³/mol. The van der Waals surface area contributed by atoms with E-state index in [1.54, 1.807) is 0 Å². The van der Waals surface area contributed by atoms with Crippen molar-refractivity contribution < 1.29 is 0 Å². The first-order valence-corrected chi connectivity index (χ1v) is 4.07. The molecule has 0 heterocycles. The maximum atomic E-state index is 5.95. The zero-order chi connectivity index (χ0) is 8.27.